The van der Waals surface area contributed by atoms with Crippen molar-refractivity contribution < 1.29 is 19.4 Å². The summed E-state index contributed by atoms with van der Waals surface area (Å²) < 4.78 is 7.05. The first kappa shape index (κ1) is 21.6. The fraction of sp³-hybridized carbons (Fsp3) is 0.217. The number of nitrogens with zero attached hydrogens (tertiary/aromatic N) is 4. The topological polar surface area (TPSA) is 97.6 Å². The molecule has 164 valence electrons. The maximum Gasteiger partial charge on any atom is 0.295 e. The molecule has 4 rings (SSSR count). The molecule has 2 aromatic heterocycles. The van der Waals surface area contributed by atoms with Crippen LogP contribution in [-0.4, -0.2) is 49.9 Å². The van der Waals surface area contributed by atoms with E-state index in [9.17, 15) is 14.7 Å². The number of halogens is 1. The van der Waals surface area contributed by atoms with Crippen molar-refractivity contribution in [3.8, 4) is 5.75 Å². The second-order valence-electron chi connectivity index (χ2n) is 7.28. The Kier molecular flexibility index (Phi) is 6.23. The number of aromatic nitrogens is 3. The van der Waals surface area contributed by atoms with E-state index in [1.165, 1.54) is 18.1 Å². The molecule has 9 heteroatoms. The number of pyridine rings is 1. The molecular weight excluding hydrogens is 432 g/mol. The first-order valence-electron chi connectivity index (χ1n) is 9.99. The summed E-state index contributed by atoms with van der Waals surface area (Å²) in [6.07, 6.45) is 9.02. The Hall–Kier alpha value is -3.65. The number of Topliss-reactive ketones (excluding diaryl/α,β-unsaturated/α-hetero) is 1. The monoisotopic (exact) mass is 452 g/mol. The number of aliphatic hydroxyl groups is 1. The number of carbonyl (C=O) groups is 2. The lowest BCUT2D eigenvalue weighted by Crippen LogP contribution is -2.31. The molecule has 0 saturated carbocycles. The van der Waals surface area contributed by atoms with Gasteiger partial charge >= 0.3 is 0 Å². The molecular formula is C23H21ClN4O4. The number of ketones is 1. The molecule has 0 spiro atoms. The third-order valence-corrected chi connectivity index (χ3v) is 5.64. The first-order chi connectivity index (χ1) is 15.5. The van der Waals surface area contributed by atoms with Crippen LogP contribution in [0, 0.1) is 0 Å². The van der Waals surface area contributed by atoms with E-state index >= 15 is 0 Å². The number of hydrogen-bond acceptors (Lipinski definition) is 6. The number of likely N-dealkylation sites (tertiary alicyclic amines) is 1. The molecule has 3 aromatic rings. The van der Waals surface area contributed by atoms with Crippen LogP contribution in [0.1, 0.15) is 23.6 Å². The van der Waals surface area contributed by atoms with Gasteiger partial charge in [-0.25, -0.2) is 4.98 Å². The molecule has 3 heterocycles. The second kappa shape index (κ2) is 9.23. The number of imidazole rings is 1. The second-order valence-corrected chi connectivity index (χ2v) is 7.69. The summed E-state index contributed by atoms with van der Waals surface area (Å²) in [6, 6.07) is 7.44. The predicted molar refractivity (Wildman–Crippen MR) is 118 cm³/mol. The lowest BCUT2D eigenvalue weighted by Gasteiger charge is -2.25. The van der Waals surface area contributed by atoms with Crippen LogP contribution in [0.3, 0.4) is 0 Å². The Morgan fingerprint density at radius 3 is 2.69 bits per heavy atom. The van der Waals surface area contributed by atoms with Crippen LogP contribution in [0.5, 0.6) is 5.75 Å². The Morgan fingerprint density at radius 1 is 1.19 bits per heavy atom. The summed E-state index contributed by atoms with van der Waals surface area (Å²) >= 11 is 6.21. The van der Waals surface area contributed by atoms with E-state index in [1.807, 2.05) is 10.8 Å². The quantitative estimate of drug-likeness (QED) is 0.335. The van der Waals surface area contributed by atoms with E-state index in [4.69, 9.17) is 16.3 Å². The van der Waals surface area contributed by atoms with Gasteiger partial charge in [-0.3, -0.25) is 14.6 Å². The maximum absolute atomic E-state index is 13.0. The third kappa shape index (κ3) is 4.09. The maximum atomic E-state index is 13.0. The van der Waals surface area contributed by atoms with Gasteiger partial charge in [-0.15, -0.1) is 0 Å². The van der Waals surface area contributed by atoms with Gasteiger partial charge in [0, 0.05) is 43.4 Å². The average Bonchev–Trinajstić information content (AvgIpc) is 3.41. The third-order valence-electron chi connectivity index (χ3n) is 5.34. The van der Waals surface area contributed by atoms with Gasteiger partial charge in [-0.1, -0.05) is 17.7 Å². The zero-order valence-electron chi connectivity index (χ0n) is 17.3. The molecule has 32 heavy (non-hydrogen) atoms. The van der Waals surface area contributed by atoms with Gasteiger partial charge in [0.1, 0.15) is 11.5 Å². The highest BCUT2D eigenvalue weighted by Gasteiger charge is 2.45. The number of carbonyl (C=O) groups excluding carboxylic acids is 2. The molecule has 8 nitrogen and oxygen atoms in total. The number of hydrogen-bond donors (Lipinski definition) is 1. The molecule has 0 bridgehead atoms. The van der Waals surface area contributed by atoms with Gasteiger partial charge in [0.2, 0.25) is 0 Å². The zero-order chi connectivity index (χ0) is 22.7. The fourth-order valence-corrected chi connectivity index (χ4v) is 4.06. The molecule has 0 aliphatic carbocycles. The number of aryl methyl sites for hydroxylation is 1. The highest BCUT2D eigenvalue weighted by Crippen LogP contribution is 2.40. The number of ether oxygens (including phenoxy) is 1. The van der Waals surface area contributed by atoms with Gasteiger partial charge in [0.05, 0.1) is 30.1 Å². The molecule has 1 atom stereocenters. The largest absolute Gasteiger partial charge is 0.507 e. The lowest BCUT2D eigenvalue weighted by atomic mass is 9.96. The normalized spacial score (nSPS) is 17.7. The minimum Gasteiger partial charge on any atom is -0.507 e. The van der Waals surface area contributed by atoms with Crippen LogP contribution in [0.25, 0.3) is 5.76 Å². The van der Waals surface area contributed by atoms with Crippen molar-refractivity contribution in [2.45, 2.75) is 19.0 Å². The Morgan fingerprint density at radius 2 is 2.03 bits per heavy atom. The molecule has 1 aliphatic rings. The molecule has 1 amide bonds. The van der Waals surface area contributed by atoms with Crippen LogP contribution < -0.4 is 4.74 Å². The van der Waals surface area contributed by atoms with Gasteiger partial charge in [-0.05, 0) is 36.2 Å². The van der Waals surface area contributed by atoms with Gasteiger partial charge in [0.25, 0.3) is 11.7 Å². The average molecular weight is 453 g/mol. The smallest absolute Gasteiger partial charge is 0.295 e. The van der Waals surface area contributed by atoms with E-state index in [-0.39, 0.29) is 16.4 Å². The molecule has 1 fully saturated rings. The minimum atomic E-state index is -0.757. The van der Waals surface area contributed by atoms with E-state index in [0.29, 0.717) is 36.4 Å². The van der Waals surface area contributed by atoms with Gasteiger partial charge < -0.3 is 19.3 Å². The summed E-state index contributed by atoms with van der Waals surface area (Å²) in [5.74, 6) is -1.26. The first-order valence-corrected chi connectivity index (χ1v) is 10.4. The van der Waals surface area contributed by atoms with Crippen molar-refractivity contribution >= 4 is 29.1 Å². The van der Waals surface area contributed by atoms with Crippen molar-refractivity contribution in [1.82, 2.24) is 19.4 Å². The van der Waals surface area contributed by atoms with Crippen LogP contribution >= 0.6 is 11.6 Å². The Balaban J connectivity index is 1.72. The number of aliphatic hydroxyl groups excluding tert-OH is 1. The Labute approximate surface area is 189 Å². The summed E-state index contributed by atoms with van der Waals surface area (Å²) in [7, 11) is 1.48. The van der Waals surface area contributed by atoms with Gasteiger partial charge in [-0.2, -0.15) is 0 Å². The van der Waals surface area contributed by atoms with E-state index < -0.39 is 17.7 Å². The fourth-order valence-electron chi connectivity index (χ4n) is 3.81. The number of methoxy groups -OCH3 is 1. The SMILES string of the molecule is COc1ccc(C(O)=C2C(=O)C(=O)N(CCCn3ccnc3)[C@H]2c2cccnc2)cc1Cl. The van der Waals surface area contributed by atoms with Crippen molar-refractivity contribution in [2.24, 2.45) is 0 Å². The summed E-state index contributed by atoms with van der Waals surface area (Å²) in [4.78, 5) is 35.6. The van der Waals surface area contributed by atoms with Crippen molar-refractivity contribution in [3.63, 3.8) is 0 Å². The van der Waals surface area contributed by atoms with Crippen molar-refractivity contribution in [1.29, 1.82) is 0 Å². The highest BCUT2D eigenvalue weighted by atomic mass is 35.5. The Bertz CT molecular complexity index is 1160. The van der Waals surface area contributed by atoms with Crippen LogP contribution in [0.15, 0.2) is 67.0 Å². The molecule has 1 N–H and O–H groups in total. The molecule has 1 aromatic carbocycles. The molecule has 0 radical (unpaired) electrons. The van der Waals surface area contributed by atoms with E-state index in [2.05, 4.69) is 9.97 Å². The summed E-state index contributed by atoms with van der Waals surface area (Å²) in [5, 5.41) is 11.4. The number of amides is 1. The standard InChI is InChI=1S/C23H21ClN4O4/c1-32-18-6-5-15(12-17(18)24)21(29)19-20(16-4-2-7-25-13-16)28(23(31)22(19)30)10-3-9-27-11-8-26-14-27/h2,4-8,11-14,20,29H,3,9-10H2,1H3/t20-/m0/s1. The molecule has 0 unspecified atom stereocenters. The van der Waals surface area contributed by atoms with E-state index in [0.717, 1.165) is 0 Å². The van der Waals surface area contributed by atoms with Crippen LogP contribution in [-0.2, 0) is 16.1 Å². The molecule has 1 aliphatic heterocycles. The zero-order valence-corrected chi connectivity index (χ0v) is 18.1. The predicted octanol–water partition coefficient (Wildman–Crippen LogP) is 3.45. The number of rotatable bonds is 7. The number of benzene rings is 1. The van der Waals surface area contributed by atoms with Crippen molar-refractivity contribution in [2.75, 3.05) is 13.7 Å². The lowest BCUT2D eigenvalue weighted by molar-refractivity contribution is -0.139. The molecule has 1 saturated heterocycles. The summed E-state index contributed by atoms with van der Waals surface area (Å²) in [6.45, 7) is 0.958. The van der Waals surface area contributed by atoms with Crippen molar-refractivity contribution in [3.05, 3.63) is 83.2 Å². The minimum absolute atomic E-state index is 0.00636. The van der Waals surface area contributed by atoms with Gasteiger partial charge in [0.15, 0.2) is 0 Å². The summed E-state index contributed by atoms with van der Waals surface area (Å²) in [5.41, 5.74) is 0.962. The van der Waals surface area contributed by atoms with Crippen LogP contribution in [0.2, 0.25) is 5.02 Å². The highest BCUT2D eigenvalue weighted by molar-refractivity contribution is 6.46. The van der Waals surface area contributed by atoms with Crippen LogP contribution in [0.4, 0.5) is 0 Å². The van der Waals surface area contributed by atoms with E-state index in [1.54, 1.807) is 49.2 Å².